The van der Waals surface area contributed by atoms with Crippen LogP contribution in [0.15, 0.2) is 23.8 Å². The minimum atomic E-state index is 1.26. The van der Waals surface area contributed by atoms with Crippen LogP contribution in [0.2, 0.25) is 0 Å². The number of rotatable bonds is 6. The van der Waals surface area contributed by atoms with Gasteiger partial charge in [-0.3, -0.25) is 0 Å². The Morgan fingerprint density at radius 3 is 2.79 bits per heavy atom. The van der Waals surface area contributed by atoms with E-state index in [1.54, 1.807) is 5.57 Å². The largest absolute Gasteiger partial charge is 0.0885 e. The molecule has 0 aromatic heterocycles. The number of hydrogen-bond acceptors (Lipinski definition) is 0. The summed E-state index contributed by atoms with van der Waals surface area (Å²) in [5, 5.41) is 0. The first-order valence-electron chi connectivity index (χ1n) is 6.26. The van der Waals surface area contributed by atoms with E-state index in [0.717, 1.165) is 0 Å². The van der Waals surface area contributed by atoms with Gasteiger partial charge in [-0.2, -0.15) is 0 Å². The van der Waals surface area contributed by atoms with Crippen molar-refractivity contribution in [2.24, 2.45) is 0 Å². The molecule has 0 nitrogen and oxygen atoms in total. The second-order valence-corrected chi connectivity index (χ2v) is 4.26. The van der Waals surface area contributed by atoms with E-state index < -0.39 is 0 Å². The lowest BCUT2D eigenvalue weighted by atomic mass is 9.96. The van der Waals surface area contributed by atoms with Gasteiger partial charge in [0.1, 0.15) is 0 Å². The topological polar surface area (TPSA) is 0 Å². The first-order valence-corrected chi connectivity index (χ1v) is 6.26. The molecule has 0 spiro atoms. The molecular formula is C14H24. The van der Waals surface area contributed by atoms with E-state index in [-0.39, 0.29) is 0 Å². The highest BCUT2D eigenvalue weighted by atomic mass is 14.1. The highest BCUT2D eigenvalue weighted by molar-refractivity contribution is 5.06. The summed E-state index contributed by atoms with van der Waals surface area (Å²) in [4.78, 5) is 0. The Morgan fingerprint density at radius 2 is 2.07 bits per heavy atom. The molecule has 0 saturated carbocycles. The Hall–Kier alpha value is -0.520. The van der Waals surface area contributed by atoms with Crippen LogP contribution in [-0.4, -0.2) is 0 Å². The SMILES string of the molecule is CCCCC=CCCC1=CCCCC1. The molecular weight excluding hydrogens is 168 g/mol. The highest BCUT2D eigenvalue weighted by Gasteiger charge is 2.01. The number of allylic oxidation sites excluding steroid dienone is 4. The van der Waals surface area contributed by atoms with Crippen LogP contribution in [0.4, 0.5) is 0 Å². The maximum Gasteiger partial charge on any atom is -0.0286 e. The second-order valence-electron chi connectivity index (χ2n) is 4.26. The van der Waals surface area contributed by atoms with E-state index in [1.807, 2.05) is 0 Å². The van der Waals surface area contributed by atoms with Crippen molar-refractivity contribution in [3.05, 3.63) is 23.8 Å². The molecule has 0 bridgehead atoms. The standard InChI is InChI=1S/C14H24/c1-2-3-4-5-6-8-11-14-12-9-7-10-13-14/h5-6,12H,2-4,7-11,13H2,1H3. The first kappa shape index (κ1) is 11.6. The fourth-order valence-electron chi connectivity index (χ4n) is 1.96. The van der Waals surface area contributed by atoms with Crippen molar-refractivity contribution in [3.63, 3.8) is 0 Å². The van der Waals surface area contributed by atoms with Crippen molar-refractivity contribution < 1.29 is 0 Å². The highest BCUT2D eigenvalue weighted by Crippen LogP contribution is 2.21. The minimum Gasteiger partial charge on any atom is -0.0885 e. The molecule has 0 saturated heterocycles. The molecule has 1 rings (SSSR count). The Labute approximate surface area is 89.1 Å². The van der Waals surface area contributed by atoms with E-state index in [4.69, 9.17) is 0 Å². The Morgan fingerprint density at radius 1 is 1.21 bits per heavy atom. The maximum atomic E-state index is 2.46. The van der Waals surface area contributed by atoms with Crippen molar-refractivity contribution >= 4 is 0 Å². The van der Waals surface area contributed by atoms with Gasteiger partial charge >= 0.3 is 0 Å². The third kappa shape index (κ3) is 5.26. The molecule has 14 heavy (non-hydrogen) atoms. The molecule has 0 unspecified atom stereocenters. The van der Waals surface area contributed by atoms with E-state index >= 15 is 0 Å². The van der Waals surface area contributed by atoms with Crippen molar-refractivity contribution in [2.45, 2.75) is 64.7 Å². The van der Waals surface area contributed by atoms with Crippen molar-refractivity contribution in [3.8, 4) is 0 Å². The van der Waals surface area contributed by atoms with Crippen LogP contribution in [0.3, 0.4) is 0 Å². The first-order chi connectivity index (χ1) is 6.93. The molecule has 0 aromatic carbocycles. The van der Waals surface area contributed by atoms with Gasteiger partial charge in [0.05, 0.1) is 0 Å². The molecule has 0 radical (unpaired) electrons. The van der Waals surface area contributed by atoms with Gasteiger partial charge in [0.2, 0.25) is 0 Å². The fraction of sp³-hybridized carbons (Fsp3) is 0.714. The van der Waals surface area contributed by atoms with Crippen LogP contribution in [0.25, 0.3) is 0 Å². The summed E-state index contributed by atoms with van der Waals surface area (Å²) < 4.78 is 0. The van der Waals surface area contributed by atoms with Gasteiger partial charge in [0.25, 0.3) is 0 Å². The van der Waals surface area contributed by atoms with E-state index in [1.165, 1.54) is 57.8 Å². The van der Waals surface area contributed by atoms with Gasteiger partial charge in [0, 0.05) is 0 Å². The van der Waals surface area contributed by atoms with Crippen LogP contribution < -0.4 is 0 Å². The van der Waals surface area contributed by atoms with Crippen LogP contribution in [0.5, 0.6) is 0 Å². The lowest BCUT2D eigenvalue weighted by Crippen LogP contribution is -1.90. The molecule has 80 valence electrons. The normalized spacial score (nSPS) is 17.4. The summed E-state index contributed by atoms with van der Waals surface area (Å²) in [5.41, 5.74) is 1.70. The van der Waals surface area contributed by atoms with Gasteiger partial charge in [-0.05, 0) is 44.9 Å². The summed E-state index contributed by atoms with van der Waals surface area (Å²) in [6, 6.07) is 0. The second kappa shape index (κ2) is 7.84. The van der Waals surface area contributed by atoms with Crippen molar-refractivity contribution in [1.29, 1.82) is 0 Å². The fourth-order valence-corrected chi connectivity index (χ4v) is 1.96. The van der Waals surface area contributed by atoms with E-state index in [9.17, 15) is 0 Å². The Kier molecular flexibility index (Phi) is 6.47. The third-order valence-electron chi connectivity index (χ3n) is 2.91. The van der Waals surface area contributed by atoms with Crippen LogP contribution in [0, 0.1) is 0 Å². The smallest absolute Gasteiger partial charge is 0.0286 e. The average molecular weight is 192 g/mol. The van der Waals surface area contributed by atoms with Crippen LogP contribution in [-0.2, 0) is 0 Å². The molecule has 0 aromatic rings. The zero-order chi connectivity index (χ0) is 10.1. The summed E-state index contributed by atoms with van der Waals surface area (Å²) in [6.07, 6.45) is 19.2. The predicted octanol–water partition coefficient (Wildman–Crippen LogP) is 5.01. The van der Waals surface area contributed by atoms with E-state index in [2.05, 4.69) is 25.2 Å². The molecule has 0 N–H and O–H groups in total. The molecule has 0 aliphatic heterocycles. The Bertz CT molecular complexity index is 186. The quantitative estimate of drug-likeness (QED) is 0.410. The van der Waals surface area contributed by atoms with Gasteiger partial charge < -0.3 is 0 Å². The summed E-state index contributed by atoms with van der Waals surface area (Å²) in [7, 11) is 0. The number of hydrogen-bond donors (Lipinski definition) is 0. The Balaban J connectivity index is 2.02. The van der Waals surface area contributed by atoms with Crippen molar-refractivity contribution in [1.82, 2.24) is 0 Å². The zero-order valence-electron chi connectivity index (χ0n) is 9.60. The molecule has 0 atom stereocenters. The molecule has 0 fully saturated rings. The molecule has 0 heterocycles. The van der Waals surface area contributed by atoms with E-state index in [0.29, 0.717) is 0 Å². The maximum absolute atomic E-state index is 2.46. The van der Waals surface area contributed by atoms with Crippen LogP contribution >= 0.6 is 0 Å². The summed E-state index contributed by atoms with van der Waals surface area (Å²) >= 11 is 0. The molecule has 0 amide bonds. The van der Waals surface area contributed by atoms with Crippen molar-refractivity contribution in [2.75, 3.05) is 0 Å². The average Bonchev–Trinajstić information content (AvgIpc) is 2.25. The summed E-state index contributed by atoms with van der Waals surface area (Å²) in [6.45, 7) is 2.25. The van der Waals surface area contributed by atoms with Gasteiger partial charge in [-0.25, -0.2) is 0 Å². The van der Waals surface area contributed by atoms with Crippen LogP contribution in [0.1, 0.15) is 64.7 Å². The molecule has 0 heteroatoms. The lowest BCUT2D eigenvalue weighted by Gasteiger charge is -2.10. The third-order valence-corrected chi connectivity index (χ3v) is 2.91. The molecule has 1 aliphatic carbocycles. The zero-order valence-corrected chi connectivity index (χ0v) is 9.60. The van der Waals surface area contributed by atoms with Gasteiger partial charge in [-0.1, -0.05) is 43.6 Å². The minimum absolute atomic E-state index is 1.26. The number of unbranched alkanes of at least 4 members (excludes halogenated alkanes) is 2. The summed E-state index contributed by atoms with van der Waals surface area (Å²) in [5.74, 6) is 0. The lowest BCUT2D eigenvalue weighted by molar-refractivity contribution is 0.676. The van der Waals surface area contributed by atoms with Gasteiger partial charge in [0.15, 0.2) is 0 Å². The monoisotopic (exact) mass is 192 g/mol. The van der Waals surface area contributed by atoms with Gasteiger partial charge in [-0.15, -0.1) is 0 Å². The predicted molar refractivity (Wildman–Crippen MR) is 64.5 cm³/mol. The molecule has 1 aliphatic rings.